The summed E-state index contributed by atoms with van der Waals surface area (Å²) in [5, 5.41) is 3.37. The van der Waals surface area contributed by atoms with Gasteiger partial charge in [-0.1, -0.05) is 0 Å². The molecule has 1 fully saturated rings. The average molecular weight is 229 g/mol. The molecule has 0 saturated carbocycles. The number of nitrogens with one attached hydrogen (secondary N) is 1. The van der Waals surface area contributed by atoms with Crippen LogP contribution >= 0.6 is 0 Å². The summed E-state index contributed by atoms with van der Waals surface area (Å²) in [6.07, 6.45) is 6.65. The van der Waals surface area contributed by atoms with Gasteiger partial charge >= 0.3 is 0 Å². The van der Waals surface area contributed by atoms with Crippen molar-refractivity contribution in [2.75, 3.05) is 20.2 Å². The fourth-order valence-electron chi connectivity index (χ4n) is 1.91. The van der Waals surface area contributed by atoms with Crippen molar-refractivity contribution >= 4 is 0 Å². The molecule has 0 amide bonds. The largest absolute Gasteiger partial charge is 1.00 e. The van der Waals surface area contributed by atoms with Crippen LogP contribution in [0, 0.1) is 0 Å². The third-order valence-electron chi connectivity index (χ3n) is 2.79. The van der Waals surface area contributed by atoms with E-state index >= 15 is 0 Å². The minimum Gasteiger partial charge on any atom is -1.00 e. The number of methoxy groups -OCH3 is 1. The van der Waals surface area contributed by atoms with Gasteiger partial charge in [-0.25, -0.2) is 4.57 Å². The SMILES string of the molecule is COc1cc[n+](C2CCNCC2)cc1.[Cl-]. The molecule has 0 aliphatic carbocycles. The van der Waals surface area contributed by atoms with Gasteiger partial charge in [0.05, 0.1) is 7.11 Å². The van der Waals surface area contributed by atoms with Gasteiger partial charge in [0.2, 0.25) is 0 Å². The molecule has 1 saturated heterocycles. The second-order valence-electron chi connectivity index (χ2n) is 3.67. The maximum atomic E-state index is 5.13. The van der Waals surface area contributed by atoms with Crippen molar-refractivity contribution in [3.8, 4) is 5.75 Å². The van der Waals surface area contributed by atoms with Gasteiger partial charge in [0.25, 0.3) is 0 Å². The lowest BCUT2D eigenvalue weighted by molar-refractivity contribution is -0.725. The molecule has 0 unspecified atom stereocenters. The third-order valence-corrected chi connectivity index (χ3v) is 2.79. The van der Waals surface area contributed by atoms with Crippen LogP contribution in [-0.4, -0.2) is 20.2 Å². The number of piperidine rings is 1. The van der Waals surface area contributed by atoms with Crippen molar-refractivity contribution in [2.45, 2.75) is 18.9 Å². The molecule has 0 radical (unpaired) electrons. The van der Waals surface area contributed by atoms with Gasteiger partial charge in [-0.15, -0.1) is 0 Å². The predicted molar refractivity (Wildman–Crippen MR) is 54.3 cm³/mol. The summed E-state index contributed by atoms with van der Waals surface area (Å²) in [5.74, 6) is 0.926. The number of rotatable bonds is 2. The smallest absolute Gasteiger partial charge is 0.172 e. The number of nitrogens with zero attached hydrogens (tertiary/aromatic N) is 1. The van der Waals surface area contributed by atoms with Crippen molar-refractivity contribution < 1.29 is 21.7 Å². The molecule has 0 bridgehead atoms. The molecule has 4 heteroatoms. The van der Waals surface area contributed by atoms with Crippen molar-refractivity contribution in [2.24, 2.45) is 0 Å². The monoisotopic (exact) mass is 228 g/mol. The molecule has 0 spiro atoms. The zero-order valence-electron chi connectivity index (χ0n) is 8.95. The van der Waals surface area contributed by atoms with Crippen LogP contribution in [0.3, 0.4) is 0 Å². The minimum absolute atomic E-state index is 0. The molecule has 0 atom stereocenters. The zero-order valence-corrected chi connectivity index (χ0v) is 9.70. The van der Waals surface area contributed by atoms with E-state index in [1.54, 1.807) is 7.11 Å². The molecule has 2 rings (SSSR count). The first-order valence-corrected chi connectivity index (χ1v) is 5.15. The average Bonchev–Trinajstić information content (AvgIpc) is 2.30. The lowest BCUT2D eigenvalue weighted by Crippen LogP contribution is -3.00. The van der Waals surface area contributed by atoms with Crippen LogP contribution in [0.15, 0.2) is 24.5 Å². The Kier molecular flexibility index (Phi) is 4.85. The van der Waals surface area contributed by atoms with Crippen LogP contribution < -0.4 is 27.0 Å². The van der Waals surface area contributed by atoms with E-state index in [2.05, 4.69) is 22.3 Å². The summed E-state index contributed by atoms with van der Waals surface area (Å²) in [5.41, 5.74) is 0. The summed E-state index contributed by atoms with van der Waals surface area (Å²) in [6.45, 7) is 2.26. The Morgan fingerprint density at radius 2 is 1.87 bits per heavy atom. The molecule has 2 heterocycles. The van der Waals surface area contributed by atoms with Crippen LogP contribution in [0.25, 0.3) is 0 Å². The Morgan fingerprint density at radius 1 is 1.27 bits per heavy atom. The highest BCUT2D eigenvalue weighted by molar-refractivity contribution is 5.14. The summed E-state index contributed by atoms with van der Waals surface area (Å²) >= 11 is 0. The molecule has 1 aromatic heterocycles. The molecule has 1 aliphatic heterocycles. The number of aromatic nitrogens is 1. The summed E-state index contributed by atoms with van der Waals surface area (Å²) in [4.78, 5) is 0. The number of halogens is 1. The summed E-state index contributed by atoms with van der Waals surface area (Å²) in [7, 11) is 1.70. The van der Waals surface area contributed by atoms with Crippen molar-refractivity contribution in [3.63, 3.8) is 0 Å². The molecule has 1 N–H and O–H groups in total. The first-order chi connectivity index (χ1) is 6.90. The Morgan fingerprint density at radius 3 is 2.40 bits per heavy atom. The Balaban J connectivity index is 0.00000112. The normalized spacial score (nSPS) is 16.9. The van der Waals surface area contributed by atoms with Gasteiger partial charge in [-0.2, -0.15) is 0 Å². The third kappa shape index (κ3) is 3.08. The molecule has 3 nitrogen and oxygen atoms in total. The lowest BCUT2D eigenvalue weighted by atomic mass is 10.1. The van der Waals surface area contributed by atoms with E-state index in [4.69, 9.17) is 4.74 Å². The van der Waals surface area contributed by atoms with Crippen LogP contribution in [0.1, 0.15) is 18.9 Å². The number of pyridine rings is 1. The van der Waals surface area contributed by atoms with Gasteiger partial charge in [0, 0.05) is 38.1 Å². The number of hydrogen-bond acceptors (Lipinski definition) is 2. The zero-order chi connectivity index (χ0) is 9.80. The molecular formula is C11H17ClN2O. The molecule has 1 aromatic rings. The van der Waals surface area contributed by atoms with Crippen molar-refractivity contribution in [1.29, 1.82) is 0 Å². The first-order valence-electron chi connectivity index (χ1n) is 5.15. The van der Waals surface area contributed by atoms with E-state index in [0.717, 1.165) is 18.8 Å². The maximum absolute atomic E-state index is 5.13. The van der Waals surface area contributed by atoms with Gasteiger partial charge < -0.3 is 22.5 Å². The highest BCUT2D eigenvalue weighted by atomic mass is 35.5. The second kappa shape index (κ2) is 5.93. The lowest BCUT2D eigenvalue weighted by Gasteiger charge is -2.18. The van der Waals surface area contributed by atoms with Gasteiger partial charge in [0.1, 0.15) is 5.75 Å². The standard InChI is InChI=1S/C11H17N2O.ClH/c1-14-11-4-8-13(9-5-11)10-2-6-12-7-3-10;/h4-5,8-10,12H,2-3,6-7H2,1H3;1H/q+1;/p-1. The topological polar surface area (TPSA) is 25.1 Å². The highest BCUT2D eigenvalue weighted by Gasteiger charge is 2.20. The van der Waals surface area contributed by atoms with E-state index in [1.165, 1.54) is 12.8 Å². The Hall–Kier alpha value is -0.800. The quantitative estimate of drug-likeness (QED) is 0.588. The van der Waals surface area contributed by atoms with Crippen LogP contribution in [-0.2, 0) is 0 Å². The Bertz CT molecular complexity index is 283. The van der Waals surface area contributed by atoms with Crippen molar-refractivity contribution in [1.82, 2.24) is 5.32 Å². The molecule has 0 aromatic carbocycles. The van der Waals surface area contributed by atoms with Gasteiger partial charge in [-0.3, -0.25) is 0 Å². The number of ether oxygens (including phenoxy) is 1. The minimum atomic E-state index is 0. The van der Waals surface area contributed by atoms with Gasteiger partial charge in [-0.05, 0) is 0 Å². The molecule has 84 valence electrons. The van der Waals surface area contributed by atoms with E-state index < -0.39 is 0 Å². The molecular weight excluding hydrogens is 212 g/mol. The first kappa shape index (κ1) is 12.3. The van der Waals surface area contributed by atoms with Crippen LogP contribution in [0.2, 0.25) is 0 Å². The fourth-order valence-corrected chi connectivity index (χ4v) is 1.91. The molecule has 15 heavy (non-hydrogen) atoms. The van der Waals surface area contributed by atoms with E-state index in [-0.39, 0.29) is 12.4 Å². The van der Waals surface area contributed by atoms with Crippen LogP contribution in [0.5, 0.6) is 5.75 Å². The summed E-state index contributed by atoms with van der Waals surface area (Å²) in [6, 6.07) is 4.69. The highest BCUT2D eigenvalue weighted by Crippen LogP contribution is 2.12. The van der Waals surface area contributed by atoms with Gasteiger partial charge in [0.15, 0.2) is 18.4 Å². The number of hydrogen-bond donors (Lipinski definition) is 1. The van der Waals surface area contributed by atoms with Crippen molar-refractivity contribution in [3.05, 3.63) is 24.5 Å². The molecule has 1 aliphatic rings. The maximum Gasteiger partial charge on any atom is 0.172 e. The Labute approximate surface area is 96.9 Å². The van der Waals surface area contributed by atoms with E-state index in [0.29, 0.717) is 6.04 Å². The van der Waals surface area contributed by atoms with E-state index in [1.807, 2.05) is 12.1 Å². The fraction of sp³-hybridized carbons (Fsp3) is 0.545. The predicted octanol–water partition coefficient (Wildman–Crippen LogP) is -2.09. The second-order valence-corrected chi connectivity index (χ2v) is 3.67. The van der Waals surface area contributed by atoms with E-state index in [9.17, 15) is 0 Å². The van der Waals surface area contributed by atoms with Crippen LogP contribution in [0.4, 0.5) is 0 Å². The summed E-state index contributed by atoms with van der Waals surface area (Å²) < 4.78 is 7.41.